The highest BCUT2D eigenvalue weighted by Gasteiger charge is 2.55. The van der Waals surface area contributed by atoms with Gasteiger partial charge in [-0.15, -0.1) is 0 Å². The van der Waals surface area contributed by atoms with Crippen LogP contribution in [0, 0.1) is 17.3 Å². The quantitative estimate of drug-likeness (QED) is 0.639. The first kappa shape index (κ1) is 21.3. The number of hydrogen-bond acceptors (Lipinski definition) is 4. The second-order valence-electron chi connectivity index (χ2n) is 10.4. The molecule has 2 fully saturated rings. The topological polar surface area (TPSA) is 63.2 Å². The van der Waals surface area contributed by atoms with Crippen molar-refractivity contribution >= 4 is 12.2 Å². The molecule has 1 amide bonds. The third-order valence-electron chi connectivity index (χ3n) is 8.89. The van der Waals surface area contributed by atoms with Crippen molar-refractivity contribution in [1.29, 1.82) is 0 Å². The molecule has 3 aliphatic rings. The molecule has 2 saturated carbocycles. The summed E-state index contributed by atoms with van der Waals surface area (Å²) in [5.41, 5.74) is 5.23. The minimum Gasteiger partial charge on any atom is -0.341 e. The van der Waals surface area contributed by atoms with Gasteiger partial charge < -0.3 is 9.69 Å². The van der Waals surface area contributed by atoms with Crippen LogP contribution < -0.4 is 0 Å². The number of aldehydes is 1. The average Bonchev–Trinajstić information content (AvgIpc) is 3.19. The Labute approximate surface area is 190 Å². The maximum absolute atomic E-state index is 12.8. The molecule has 2 aromatic rings. The van der Waals surface area contributed by atoms with Gasteiger partial charge in [0.1, 0.15) is 12.6 Å². The summed E-state index contributed by atoms with van der Waals surface area (Å²) >= 11 is 0. The van der Waals surface area contributed by atoms with Crippen LogP contribution in [0.5, 0.6) is 0 Å². The monoisotopic (exact) mass is 431 g/mol. The Morgan fingerprint density at radius 2 is 2.00 bits per heavy atom. The van der Waals surface area contributed by atoms with Gasteiger partial charge in [0.25, 0.3) is 5.91 Å². The van der Waals surface area contributed by atoms with Gasteiger partial charge in [0.2, 0.25) is 0 Å². The molecule has 5 atom stereocenters. The fourth-order valence-electron chi connectivity index (χ4n) is 7.32. The Hall–Kier alpha value is -2.56. The molecule has 168 valence electrons. The fourth-order valence-corrected chi connectivity index (χ4v) is 7.32. The van der Waals surface area contributed by atoms with Crippen LogP contribution in [0.25, 0.3) is 0 Å². The predicted octanol–water partition coefficient (Wildman–Crippen LogP) is 4.78. The maximum Gasteiger partial charge on any atom is 0.253 e. The summed E-state index contributed by atoms with van der Waals surface area (Å²) in [6.07, 6.45) is 14.2. The Bertz CT molecular complexity index is 1010. The smallest absolute Gasteiger partial charge is 0.253 e. The number of benzene rings is 1. The maximum atomic E-state index is 12.8. The Morgan fingerprint density at radius 3 is 2.78 bits per heavy atom. The summed E-state index contributed by atoms with van der Waals surface area (Å²) in [6, 6.07) is 6.36. The van der Waals surface area contributed by atoms with Gasteiger partial charge in [0.15, 0.2) is 0 Å². The van der Waals surface area contributed by atoms with Crippen molar-refractivity contribution in [2.24, 2.45) is 17.3 Å². The molecule has 0 radical (unpaired) electrons. The molecule has 0 spiro atoms. The van der Waals surface area contributed by atoms with E-state index in [1.807, 2.05) is 18.5 Å². The molecule has 1 aromatic carbocycles. The van der Waals surface area contributed by atoms with Gasteiger partial charge in [-0.3, -0.25) is 4.79 Å². The molecular weight excluding hydrogens is 398 g/mol. The van der Waals surface area contributed by atoms with E-state index in [9.17, 15) is 9.59 Å². The second kappa shape index (κ2) is 8.42. The van der Waals surface area contributed by atoms with Crippen LogP contribution in [0.1, 0.15) is 84.3 Å². The molecule has 0 saturated heterocycles. The van der Waals surface area contributed by atoms with Crippen LogP contribution in [0.3, 0.4) is 0 Å². The van der Waals surface area contributed by atoms with Gasteiger partial charge in [-0.05, 0) is 96.4 Å². The van der Waals surface area contributed by atoms with Gasteiger partial charge in [-0.2, -0.15) is 0 Å². The van der Waals surface area contributed by atoms with Crippen molar-refractivity contribution in [3.05, 3.63) is 59.2 Å². The molecule has 3 aliphatic carbocycles. The molecule has 5 heteroatoms. The first-order chi connectivity index (χ1) is 15.5. The summed E-state index contributed by atoms with van der Waals surface area (Å²) in [4.78, 5) is 33.7. The summed E-state index contributed by atoms with van der Waals surface area (Å²) in [6.45, 7) is 2.99. The average molecular weight is 432 g/mol. The largest absolute Gasteiger partial charge is 0.341 e. The number of aromatic nitrogens is 2. The van der Waals surface area contributed by atoms with E-state index in [1.54, 1.807) is 18.3 Å². The highest BCUT2D eigenvalue weighted by atomic mass is 16.2. The lowest BCUT2D eigenvalue weighted by Gasteiger charge is -2.51. The number of hydrogen-bond donors (Lipinski definition) is 0. The van der Waals surface area contributed by atoms with Gasteiger partial charge in [-0.1, -0.05) is 13.0 Å². The summed E-state index contributed by atoms with van der Waals surface area (Å²) < 4.78 is 0. The molecule has 32 heavy (non-hydrogen) atoms. The number of amides is 1. The molecule has 1 aromatic heterocycles. The van der Waals surface area contributed by atoms with Crippen molar-refractivity contribution in [2.45, 2.75) is 63.7 Å². The molecule has 0 bridgehead atoms. The highest BCUT2D eigenvalue weighted by Crippen LogP contribution is 2.65. The van der Waals surface area contributed by atoms with Crippen LogP contribution in [0.15, 0.2) is 36.9 Å². The van der Waals surface area contributed by atoms with E-state index >= 15 is 0 Å². The first-order valence-corrected chi connectivity index (χ1v) is 12.1. The van der Waals surface area contributed by atoms with E-state index in [2.05, 4.69) is 29.0 Å². The molecule has 5 rings (SSSR count). The minimum absolute atomic E-state index is 0.0108. The van der Waals surface area contributed by atoms with Gasteiger partial charge in [-0.25, -0.2) is 9.97 Å². The van der Waals surface area contributed by atoms with Crippen molar-refractivity contribution < 1.29 is 9.59 Å². The van der Waals surface area contributed by atoms with Crippen molar-refractivity contribution in [2.75, 3.05) is 13.6 Å². The lowest BCUT2D eigenvalue weighted by molar-refractivity contribution is -0.108. The van der Waals surface area contributed by atoms with Crippen molar-refractivity contribution in [1.82, 2.24) is 14.9 Å². The third-order valence-corrected chi connectivity index (χ3v) is 8.89. The van der Waals surface area contributed by atoms with E-state index < -0.39 is 0 Å². The Morgan fingerprint density at radius 1 is 1.19 bits per heavy atom. The summed E-state index contributed by atoms with van der Waals surface area (Å²) in [5, 5.41) is 0. The summed E-state index contributed by atoms with van der Waals surface area (Å²) in [5.74, 6) is 2.66. The number of carbonyl (C=O) groups excluding carboxylic acids is 2. The zero-order valence-corrected chi connectivity index (χ0v) is 19.2. The number of nitrogens with zero attached hydrogens (tertiary/aromatic N) is 3. The van der Waals surface area contributed by atoms with Crippen LogP contribution in [0.2, 0.25) is 0 Å². The lowest BCUT2D eigenvalue weighted by Crippen LogP contribution is -2.41. The van der Waals surface area contributed by atoms with Gasteiger partial charge in [0, 0.05) is 38.0 Å². The normalized spacial score (nSPS) is 30.7. The first-order valence-electron chi connectivity index (χ1n) is 12.1. The van der Waals surface area contributed by atoms with E-state index in [0.717, 1.165) is 30.1 Å². The lowest BCUT2D eigenvalue weighted by atomic mass is 9.53. The Kier molecular flexibility index (Phi) is 5.60. The molecule has 5 nitrogen and oxygen atoms in total. The predicted molar refractivity (Wildman–Crippen MR) is 123 cm³/mol. The summed E-state index contributed by atoms with van der Waals surface area (Å²) in [7, 11) is 1.78. The SMILES string of the molecule is CN(CCC=O)C(=O)c1ccc2c(c1)CCC1C2CCC2(C)C(c3cncnc3)CCC12. The van der Waals surface area contributed by atoms with Crippen molar-refractivity contribution in [3.8, 4) is 0 Å². The number of rotatable bonds is 5. The van der Waals surface area contributed by atoms with Crippen LogP contribution in [0.4, 0.5) is 0 Å². The number of aryl methyl sites for hydroxylation is 1. The van der Waals surface area contributed by atoms with Gasteiger partial charge in [0.05, 0.1) is 0 Å². The molecule has 1 heterocycles. The van der Waals surface area contributed by atoms with E-state index in [-0.39, 0.29) is 5.91 Å². The van der Waals surface area contributed by atoms with E-state index in [1.165, 1.54) is 48.8 Å². The third kappa shape index (κ3) is 3.46. The minimum atomic E-state index is 0.0108. The van der Waals surface area contributed by atoms with E-state index in [4.69, 9.17) is 0 Å². The standard InChI is InChI=1S/C27H33N3O2/c1-27-11-10-22-21-6-5-19(26(32)30(2)12-3-13-31)14-18(21)4-7-23(22)25(27)9-8-24(27)20-15-28-17-29-16-20/h5-6,13-17,22-25H,3-4,7-12H2,1-2H3. The molecule has 0 N–H and O–H groups in total. The van der Waals surface area contributed by atoms with E-state index in [0.29, 0.717) is 30.2 Å². The molecule has 0 aliphatic heterocycles. The Balaban J connectivity index is 1.37. The molecular formula is C27H33N3O2. The van der Waals surface area contributed by atoms with Crippen LogP contribution in [-0.2, 0) is 11.2 Å². The van der Waals surface area contributed by atoms with Crippen LogP contribution in [-0.4, -0.2) is 40.7 Å². The number of fused-ring (bicyclic) bond motifs is 5. The van der Waals surface area contributed by atoms with Crippen molar-refractivity contribution in [3.63, 3.8) is 0 Å². The number of carbonyl (C=O) groups is 2. The van der Waals surface area contributed by atoms with Gasteiger partial charge >= 0.3 is 0 Å². The molecule has 5 unspecified atom stereocenters. The zero-order valence-electron chi connectivity index (χ0n) is 19.2. The second-order valence-corrected chi connectivity index (χ2v) is 10.4. The fraction of sp³-hybridized carbons (Fsp3) is 0.556. The zero-order chi connectivity index (χ0) is 22.3. The highest BCUT2D eigenvalue weighted by molar-refractivity contribution is 5.94. The van der Waals surface area contributed by atoms with Crippen LogP contribution >= 0.6 is 0 Å².